The highest BCUT2D eigenvalue weighted by Crippen LogP contribution is 2.36. The molecule has 0 bridgehead atoms. The molecule has 1 saturated heterocycles. The van der Waals surface area contributed by atoms with Gasteiger partial charge in [-0.3, -0.25) is 10.1 Å². The van der Waals surface area contributed by atoms with Gasteiger partial charge in [0.25, 0.3) is 5.69 Å². The number of benzene rings is 1. The largest absolute Gasteiger partial charge is 0.366 e. The van der Waals surface area contributed by atoms with Gasteiger partial charge in [-0.2, -0.15) is 0 Å². The van der Waals surface area contributed by atoms with Gasteiger partial charge in [-0.1, -0.05) is 0 Å². The molecule has 0 aliphatic carbocycles. The first-order valence-corrected chi connectivity index (χ1v) is 6.83. The fourth-order valence-corrected chi connectivity index (χ4v) is 2.69. The van der Waals surface area contributed by atoms with Crippen molar-refractivity contribution in [3.8, 4) is 0 Å². The fraction of sp³-hybridized carbons (Fsp3) is 0.500. The van der Waals surface area contributed by atoms with Gasteiger partial charge in [-0.05, 0) is 41.3 Å². The van der Waals surface area contributed by atoms with Gasteiger partial charge in [-0.15, -0.1) is 0 Å². The van der Waals surface area contributed by atoms with E-state index in [2.05, 4.69) is 15.9 Å². The van der Waals surface area contributed by atoms with Gasteiger partial charge in [-0.25, -0.2) is 4.39 Å². The maximum atomic E-state index is 13.4. The number of rotatable bonds is 3. The number of nitro groups is 1. The lowest BCUT2D eigenvalue weighted by atomic mass is 10.0. The van der Waals surface area contributed by atoms with E-state index < -0.39 is 10.7 Å². The molecule has 0 saturated carbocycles. The molecule has 19 heavy (non-hydrogen) atoms. The van der Waals surface area contributed by atoms with E-state index >= 15 is 0 Å². The van der Waals surface area contributed by atoms with Crippen molar-refractivity contribution >= 4 is 27.3 Å². The van der Waals surface area contributed by atoms with E-state index in [9.17, 15) is 14.5 Å². The SMILES string of the molecule is CC(N)C1CCN(c2cc(Br)c(F)cc2[N+](=O)[O-])C1. The summed E-state index contributed by atoms with van der Waals surface area (Å²) in [6.45, 7) is 3.30. The zero-order valence-electron chi connectivity index (χ0n) is 10.5. The lowest BCUT2D eigenvalue weighted by Gasteiger charge is -2.20. The second-order valence-electron chi connectivity index (χ2n) is 4.87. The Hall–Kier alpha value is -1.21. The van der Waals surface area contributed by atoms with Crippen LogP contribution in [0.4, 0.5) is 15.8 Å². The second-order valence-corrected chi connectivity index (χ2v) is 5.72. The highest BCUT2D eigenvalue weighted by atomic mass is 79.9. The molecule has 5 nitrogen and oxygen atoms in total. The van der Waals surface area contributed by atoms with E-state index in [1.807, 2.05) is 11.8 Å². The number of nitro benzene ring substituents is 1. The molecular weight excluding hydrogens is 317 g/mol. The minimum absolute atomic E-state index is 0.0490. The zero-order valence-corrected chi connectivity index (χ0v) is 12.1. The molecule has 104 valence electrons. The van der Waals surface area contributed by atoms with Crippen LogP contribution in [0.15, 0.2) is 16.6 Å². The summed E-state index contributed by atoms with van der Waals surface area (Å²) >= 11 is 3.07. The molecule has 2 N–H and O–H groups in total. The lowest BCUT2D eigenvalue weighted by molar-refractivity contribution is -0.384. The minimum atomic E-state index is -0.626. The minimum Gasteiger partial charge on any atom is -0.366 e. The van der Waals surface area contributed by atoms with Gasteiger partial charge in [0.1, 0.15) is 11.5 Å². The number of anilines is 1. The van der Waals surface area contributed by atoms with Crippen LogP contribution >= 0.6 is 15.9 Å². The third-order valence-electron chi connectivity index (χ3n) is 3.52. The van der Waals surface area contributed by atoms with E-state index in [1.54, 1.807) is 0 Å². The Morgan fingerprint density at radius 2 is 2.32 bits per heavy atom. The first-order chi connectivity index (χ1) is 8.90. The Balaban J connectivity index is 2.34. The number of hydrogen-bond donors (Lipinski definition) is 1. The number of nitrogens with two attached hydrogens (primary N) is 1. The first kappa shape index (κ1) is 14.2. The van der Waals surface area contributed by atoms with Crippen molar-refractivity contribution in [2.24, 2.45) is 11.7 Å². The summed E-state index contributed by atoms with van der Waals surface area (Å²) in [4.78, 5) is 12.4. The van der Waals surface area contributed by atoms with Crippen molar-refractivity contribution in [2.75, 3.05) is 18.0 Å². The van der Waals surface area contributed by atoms with Crippen molar-refractivity contribution in [1.82, 2.24) is 0 Å². The van der Waals surface area contributed by atoms with Crippen LogP contribution in [-0.4, -0.2) is 24.1 Å². The van der Waals surface area contributed by atoms with E-state index in [0.29, 0.717) is 24.7 Å². The van der Waals surface area contributed by atoms with Crippen LogP contribution < -0.4 is 10.6 Å². The summed E-state index contributed by atoms with van der Waals surface area (Å²) < 4.78 is 13.7. The number of hydrogen-bond acceptors (Lipinski definition) is 4. The summed E-state index contributed by atoms with van der Waals surface area (Å²) in [7, 11) is 0. The fourth-order valence-electron chi connectivity index (χ4n) is 2.36. The zero-order chi connectivity index (χ0) is 14.2. The van der Waals surface area contributed by atoms with E-state index in [0.717, 1.165) is 12.5 Å². The summed E-state index contributed by atoms with van der Waals surface area (Å²) in [5, 5.41) is 11.0. The van der Waals surface area contributed by atoms with Crippen molar-refractivity contribution in [1.29, 1.82) is 0 Å². The standard InChI is InChI=1S/C12H15BrFN3O2/c1-7(15)8-2-3-16(6-8)11-4-9(13)10(14)5-12(11)17(18)19/h4-5,7-8H,2-3,6,15H2,1H3. The van der Waals surface area contributed by atoms with Crippen LogP contribution in [0.3, 0.4) is 0 Å². The summed E-state index contributed by atoms with van der Waals surface area (Å²) in [5.41, 5.74) is 6.10. The Labute approximate surface area is 118 Å². The van der Waals surface area contributed by atoms with Gasteiger partial charge in [0.2, 0.25) is 0 Å². The summed E-state index contributed by atoms with van der Waals surface area (Å²) in [5.74, 6) is -0.318. The van der Waals surface area contributed by atoms with Crippen LogP contribution in [0.1, 0.15) is 13.3 Å². The molecular formula is C12H15BrFN3O2. The molecule has 7 heteroatoms. The highest BCUT2D eigenvalue weighted by molar-refractivity contribution is 9.10. The van der Waals surface area contributed by atoms with Gasteiger partial charge in [0, 0.05) is 19.1 Å². The van der Waals surface area contributed by atoms with Gasteiger partial charge in [0.15, 0.2) is 0 Å². The summed E-state index contributed by atoms with van der Waals surface area (Å²) in [6.07, 6.45) is 0.893. The van der Waals surface area contributed by atoms with Crippen molar-refractivity contribution in [3.63, 3.8) is 0 Å². The predicted molar refractivity (Wildman–Crippen MR) is 74.7 cm³/mol. The topological polar surface area (TPSA) is 72.4 Å². The molecule has 0 aromatic heterocycles. The third kappa shape index (κ3) is 2.87. The summed E-state index contributed by atoms with van der Waals surface area (Å²) in [6, 6.07) is 2.48. The van der Waals surface area contributed by atoms with Crippen LogP contribution in [-0.2, 0) is 0 Å². The van der Waals surface area contributed by atoms with Crippen LogP contribution in [0.25, 0.3) is 0 Å². The van der Waals surface area contributed by atoms with E-state index in [1.165, 1.54) is 6.07 Å². The Bertz CT molecular complexity index is 510. The van der Waals surface area contributed by atoms with Crippen LogP contribution in [0.2, 0.25) is 0 Å². The van der Waals surface area contributed by atoms with Crippen molar-refractivity contribution in [3.05, 3.63) is 32.5 Å². The Kier molecular flexibility index (Phi) is 4.05. The average molecular weight is 332 g/mol. The molecule has 2 rings (SSSR count). The van der Waals surface area contributed by atoms with Crippen LogP contribution in [0.5, 0.6) is 0 Å². The smallest absolute Gasteiger partial charge is 0.295 e. The van der Waals surface area contributed by atoms with Gasteiger partial charge >= 0.3 is 0 Å². The monoisotopic (exact) mass is 331 g/mol. The Morgan fingerprint density at radius 3 is 2.84 bits per heavy atom. The van der Waals surface area contributed by atoms with Crippen LogP contribution in [0, 0.1) is 21.8 Å². The molecule has 1 heterocycles. The predicted octanol–water partition coefficient (Wildman–Crippen LogP) is 2.67. The molecule has 1 aromatic carbocycles. The molecule has 2 unspecified atom stereocenters. The maximum absolute atomic E-state index is 13.4. The first-order valence-electron chi connectivity index (χ1n) is 6.04. The third-order valence-corrected chi connectivity index (χ3v) is 4.13. The molecule has 1 fully saturated rings. The quantitative estimate of drug-likeness (QED) is 0.682. The van der Waals surface area contributed by atoms with E-state index in [4.69, 9.17) is 5.73 Å². The number of halogens is 2. The second kappa shape index (κ2) is 5.42. The van der Waals surface area contributed by atoms with Crippen molar-refractivity contribution in [2.45, 2.75) is 19.4 Å². The number of nitrogens with zero attached hydrogens (tertiary/aromatic N) is 2. The molecule has 1 aromatic rings. The highest BCUT2D eigenvalue weighted by Gasteiger charge is 2.30. The van der Waals surface area contributed by atoms with Gasteiger partial charge in [0.05, 0.1) is 15.5 Å². The Morgan fingerprint density at radius 1 is 1.63 bits per heavy atom. The molecule has 2 atom stereocenters. The normalized spacial score (nSPS) is 20.6. The molecule has 0 radical (unpaired) electrons. The van der Waals surface area contributed by atoms with Crippen molar-refractivity contribution < 1.29 is 9.31 Å². The average Bonchev–Trinajstić information content (AvgIpc) is 2.81. The molecule has 0 spiro atoms. The lowest BCUT2D eigenvalue weighted by Crippen LogP contribution is -2.29. The van der Waals surface area contributed by atoms with Gasteiger partial charge < -0.3 is 10.6 Å². The molecule has 1 aliphatic rings. The molecule has 1 aliphatic heterocycles. The molecule has 0 amide bonds. The maximum Gasteiger partial charge on any atom is 0.295 e. The van der Waals surface area contributed by atoms with E-state index in [-0.39, 0.29) is 16.2 Å².